The third kappa shape index (κ3) is 2.43. The monoisotopic (exact) mass is 365 g/mol. The Hall–Kier alpha value is -3.20. The Morgan fingerprint density at radius 3 is 2.32 bits per heavy atom. The van der Waals surface area contributed by atoms with Crippen molar-refractivity contribution >= 4 is 27.3 Å². The number of benzene rings is 3. The molecular weight excluding hydrogens is 342 g/mol. The van der Waals surface area contributed by atoms with Crippen LogP contribution in [0.5, 0.6) is 0 Å². The second-order valence-corrected chi connectivity index (χ2v) is 8.53. The minimum atomic E-state index is 0.0920. The molecule has 5 rings (SSSR count). The van der Waals surface area contributed by atoms with Crippen LogP contribution in [0.2, 0.25) is 0 Å². The van der Waals surface area contributed by atoms with Crippen LogP contribution in [0.4, 0.5) is 0 Å². The van der Waals surface area contributed by atoms with Gasteiger partial charge >= 0.3 is 0 Å². The van der Waals surface area contributed by atoms with Gasteiger partial charge < -0.3 is 0 Å². The summed E-state index contributed by atoms with van der Waals surface area (Å²) in [6.45, 7) is 8.93. The van der Waals surface area contributed by atoms with Gasteiger partial charge in [-0.05, 0) is 41.0 Å². The van der Waals surface area contributed by atoms with E-state index in [1.165, 1.54) is 27.3 Å². The van der Waals surface area contributed by atoms with Crippen molar-refractivity contribution < 1.29 is 0 Å². The molecule has 3 nitrogen and oxygen atoms in total. The molecule has 0 fully saturated rings. The largest absolute Gasteiger partial charge is 0.274 e. The molecule has 0 aliphatic carbocycles. The molecule has 0 bridgehead atoms. The lowest BCUT2D eigenvalue weighted by molar-refractivity contribution is 0.591. The highest BCUT2D eigenvalue weighted by molar-refractivity contribution is 6.13. The molecule has 0 aliphatic rings. The predicted octanol–water partition coefficient (Wildman–Crippen LogP) is 6.31. The molecule has 0 radical (unpaired) electrons. The molecule has 2 aromatic heterocycles. The first-order valence-corrected chi connectivity index (χ1v) is 9.71. The number of hydrogen-bond donors (Lipinski definition) is 0. The minimum absolute atomic E-state index is 0.0920. The van der Waals surface area contributed by atoms with Crippen LogP contribution in [0.25, 0.3) is 38.7 Å². The van der Waals surface area contributed by atoms with Gasteiger partial charge in [-0.2, -0.15) is 0 Å². The minimum Gasteiger partial charge on any atom is -0.274 e. The normalized spacial score (nSPS) is 12.3. The summed E-state index contributed by atoms with van der Waals surface area (Å²) in [6.07, 6.45) is 0. The Balaban J connectivity index is 2.02. The molecule has 2 heterocycles. The van der Waals surface area contributed by atoms with Crippen molar-refractivity contribution in [2.45, 2.75) is 33.1 Å². The highest BCUT2D eigenvalue weighted by atomic mass is 15.2. The maximum Gasteiger partial charge on any atom is 0.169 e. The topological polar surface area (TPSA) is 30.2 Å². The van der Waals surface area contributed by atoms with E-state index in [9.17, 15) is 0 Å². The van der Waals surface area contributed by atoms with Crippen LogP contribution < -0.4 is 0 Å². The average molecular weight is 365 g/mol. The first-order valence-electron chi connectivity index (χ1n) is 9.71. The van der Waals surface area contributed by atoms with Crippen molar-refractivity contribution in [1.29, 1.82) is 0 Å². The third-order valence-corrected chi connectivity index (χ3v) is 5.59. The van der Waals surface area contributed by atoms with Crippen molar-refractivity contribution in [3.8, 4) is 11.4 Å². The molecule has 138 valence electrons. The summed E-state index contributed by atoms with van der Waals surface area (Å²) in [7, 11) is 0. The van der Waals surface area contributed by atoms with Crippen LogP contribution in [-0.2, 0) is 5.41 Å². The standard InChI is InChI=1S/C25H23N3/c1-16-9-8-12-19-20-15-18(25(2,3)4)13-14-21(20)28-23(17-10-6-5-7-11-17)26-27-24(28)22(16)19/h5-15H,1-4H3. The molecule has 0 saturated carbocycles. The van der Waals surface area contributed by atoms with E-state index < -0.39 is 0 Å². The molecule has 0 N–H and O–H groups in total. The summed E-state index contributed by atoms with van der Waals surface area (Å²) in [5.41, 5.74) is 5.78. The van der Waals surface area contributed by atoms with Crippen molar-refractivity contribution in [2.75, 3.05) is 0 Å². The Kier molecular flexibility index (Phi) is 3.57. The van der Waals surface area contributed by atoms with Crippen molar-refractivity contribution in [2.24, 2.45) is 0 Å². The smallest absolute Gasteiger partial charge is 0.169 e. The SMILES string of the molecule is Cc1cccc2c3cc(C(C)(C)C)ccc3n3c(-c4ccccc4)nnc3c12. The van der Waals surface area contributed by atoms with Gasteiger partial charge in [-0.3, -0.25) is 4.40 Å². The Morgan fingerprint density at radius 2 is 1.57 bits per heavy atom. The molecule has 5 aromatic rings. The van der Waals surface area contributed by atoms with Gasteiger partial charge in [-0.25, -0.2) is 0 Å². The Morgan fingerprint density at radius 1 is 0.786 bits per heavy atom. The summed E-state index contributed by atoms with van der Waals surface area (Å²) >= 11 is 0. The van der Waals surface area contributed by atoms with Gasteiger partial charge in [0.05, 0.1) is 5.52 Å². The summed E-state index contributed by atoms with van der Waals surface area (Å²) in [4.78, 5) is 0. The van der Waals surface area contributed by atoms with Crippen LogP contribution in [-0.4, -0.2) is 14.6 Å². The van der Waals surface area contributed by atoms with E-state index in [1.807, 2.05) is 18.2 Å². The van der Waals surface area contributed by atoms with Gasteiger partial charge in [0.2, 0.25) is 0 Å². The van der Waals surface area contributed by atoms with E-state index in [1.54, 1.807) is 0 Å². The Bertz CT molecular complexity index is 1340. The number of hydrogen-bond acceptors (Lipinski definition) is 2. The summed E-state index contributed by atoms with van der Waals surface area (Å²) < 4.78 is 2.21. The number of aryl methyl sites for hydroxylation is 1. The maximum absolute atomic E-state index is 4.62. The van der Waals surface area contributed by atoms with Crippen molar-refractivity contribution in [3.63, 3.8) is 0 Å². The van der Waals surface area contributed by atoms with Crippen LogP contribution >= 0.6 is 0 Å². The highest BCUT2D eigenvalue weighted by Crippen LogP contribution is 2.35. The van der Waals surface area contributed by atoms with E-state index in [0.717, 1.165) is 22.6 Å². The van der Waals surface area contributed by atoms with Gasteiger partial charge in [0.25, 0.3) is 0 Å². The quantitative estimate of drug-likeness (QED) is 0.326. The lowest BCUT2D eigenvalue weighted by Gasteiger charge is -2.20. The predicted molar refractivity (Wildman–Crippen MR) is 117 cm³/mol. The van der Waals surface area contributed by atoms with Crippen LogP contribution in [0, 0.1) is 6.92 Å². The number of pyridine rings is 1. The van der Waals surface area contributed by atoms with E-state index in [-0.39, 0.29) is 5.41 Å². The summed E-state index contributed by atoms with van der Waals surface area (Å²) in [5.74, 6) is 0.884. The number of aromatic nitrogens is 3. The van der Waals surface area contributed by atoms with Gasteiger partial charge in [-0.1, -0.05) is 75.4 Å². The number of fused-ring (bicyclic) bond motifs is 6. The fourth-order valence-electron chi connectivity index (χ4n) is 4.05. The first kappa shape index (κ1) is 16.9. The lowest BCUT2D eigenvalue weighted by atomic mass is 9.85. The van der Waals surface area contributed by atoms with Gasteiger partial charge in [-0.15, -0.1) is 10.2 Å². The van der Waals surface area contributed by atoms with Gasteiger partial charge in [0, 0.05) is 16.3 Å². The molecule has 0 aliphatic heterocycles. The molecule has 0 unspecified atom stereocenters. The number of nitrogens with zero attached hydrogens (tertiary/aromatic N) is 3. The van der Waals surface area contributed by atoms with Gasteiger partial charge in [0.1, 0.15) is 0 Å². The molecule has 28 heavy (non-hydrogen) atoms. The molecular formula is C25H23N3. The van der Waals surface area contributed by atoms with E-state index >= 15 is 0 Å². The zero-order valence-corrected chi connectivity index (χ0v) is 16.7. The van der Waals surface area contributed by atoms with Crippen molar-refractivity contribution in [1.82, 2.24) is 14.6 Å². The second kappa shape index (κ2) is 5.90. The van der Waals surface area contributed by atoms with Crippen LogP contribution in [0.15, 0.2) is 66.7 Å². The van der Waals surface area contributed by atoms with Crippen LogP contribution in [0.3, 0.4) is 0 Å². The summed E-state index contributed by atoms with van der Waals surface area (Å²) in [6, 6.07) is 23.6. The van der Waals surface area contributed by atoms with Gasteiger partial charge in [0.15, 0.2) is 11.5 Å². The molecule has 0 amide bonds. The molecule has 0 saturated heterocycles. The van der Waals surface area contributed by atoms with Crippen LogP contribution in [0.1, 0.15) is 31.9 Å². The maximum atomic E-state index is 4.62. The molecule has 3 heteroatoms. The zero-order chi connectivity index (χ0) is 19.5. The number of rotatable bonds is 1. The average Bonchev–Trinajstić information content (AvgIpc) is 3.13. The molecule has 0 spiro atoms. The summed E-state index contributed by atoms with van der Waals surface area (Å²) in [5, 5.41) is 12.9. The fraction of sp³-hybridized carbons (Fsp3) is 0.200. The molecule has 3 aromatic carbocycles. The third-order valence-electron chi connectivity index (χ3n) is 5.59. The highest BCUT2D eigenvalue weighted by Gasteiger charge is 2.19. The first-order chi connectivity index (χ1) is 13.4. The second-order valence-electron chi connectivity index (χ2n) is 8.53. The molecule has 0 atom stereocenters. The zero-order valence-electron chi connectivity index (χ0n) is 16.7. The Labute approximate surface area is 164 Å². The fourth-order valence-corrected chi connectivity index (χ4v) is 4.05. The van der Waals surface area contributed by atoms with Crippen molar-refractivity contribution in [3.05, 3.63) is 77.9 Å². The lowest BCUT2D eigenvalue weighted by Crippen LogP contribution is -2.11. The van der Waals surface area contributed by atoms with E-state index in [4.69, 9.17) is 0 Å². The van der Waals surface area contributed by atoms with E-state index in [2.05, 4.69) is 90.8 Å². The van der Waals surface area contributed by atoms with E-state index in [0.29, 0.717) is 0 Å².